The highest BCUT2D eigenvalue weighted by molar-refractivity contribution is 5.91. The molecule has 13 nitrogen and oxygen atoms in total. The number of carbonyl (C=O) groups is 5. The molecular weight excluding hydrogens is 787 g/mol. The minimum absolute atomic E-state index is 0.00159. The van der Waals surface area contributed by atoms with Crippen LogP contribution >= 0.6 is 0 Å². The van der Waals surface area contributed by atoms with Gasteiger partial charge in [0, 0.05) is 27.8 Å². The highest BCUT2D eigenvalue weighted by atomic mass is 16.5. The van der Waals surface area contributed by atoms with E-state index in [4.69, 9.17) is 14.2 Å². The Hall–Kier alpha value is -4.59. The molecule has 0 saturated carbocycles. The number of rotatable bonds is 23. The Morgan fingerprint density at radius 1 is 0.839 bits per heavy atom. The summed E-state index contributed by atoms with van der Waals surface area (Å²) in [6, 6.07) is 13.6. The lowest BCUT2D eigenvalue weighted by Crippen LogP contribution is -2.59. The van der Waals surface area contributed by atoms with Gasteiger partial charge in [0.05, 0.1) is 54.3 Å². The van der Waals surface area contributed by atoms with E-state index in [1.807, 2.05) is 90.9 Å². The van der Waals surface area contributed by atoms with E-state index >= 15 is 0 Å². The Balaban J connectivity index is 1.79. The van der Waals surface area contributed by atoms with Crippen molar-refractivity contribution in [1.82, 2.24) is 25.8 Å². The number of benzene rings is 2. The van der Waals surface area contributed by atoms with Crippen molar-refractivity contribution < 1.29 is 38.2 Å². The Morgan fingerprint density at radius 2 is 1.44 bits per heavy atom. The van der Waals surface area contributed by atoms with Crippen molar-refractivity contribution in [2.45, 2.75) is 137 Å². The molecule has 0 bridgehead atoms. The smallest absolute Gasteiger partial charge is 0.338 e. The van der Waals surface area contributed by atoms with Gasteiger partial charge in [-0.1, -0.05) is 110 Å². The van der Waals surface area contributed by atoms with Crippen LogP contribution < -0.4 is 16.0 Å². The fraction of sp³-hybridized carbons (Fsp3) is 0.612. The number of esters is 1. The fourth-order valence-electron chi connectivity index (χ4n) is 8.66. The average molecular weight is 862 g/mol. The highest BCUT2D eigenvalue weighted by Crippen LogP contribution is 2.31. The number of nitrogens with zero attached hydrogens (tertiary/aromatic N) is 2. The molecule has 13 heteroatoms. The lowest BCUT2D eigenvalue weighted by Gasteiger charge is -2.41. The molecule has 1 fully saturated rings. The summed E-state index contributed by atoms with van der Waals surface area (Å²) in [5, 5.41) is 9.13. The van der Waals surface area contributed by atoms with Crippen molar-refractivity contribution in [2.75, 3.05) is 34.9 Å². The van der Waals surface area contributed by atoms with Crippen molar-refractivity contribution >= 4 is 35.2 Å². The second kappa shape index (κ2) is 24.3. The van der Waals surface area contributed by atoms with Gasteiger partial charge in [0.15, 0.2) is 0 Å². The zero-order valence-corrected chi connectivity index (χ0v) is 39.5. The van der Waals surface area contributed by atoms with Gasteiger partial charge in [-0.2, -0.15) is 0 Å². The number of hydrogen-bond acceptors (Lipinski definition) is 9. The maximum atomic E-state index is 14.4. The molecule has 0 spiro atoms. The van der Waals surface area contributed by atoms with E-state index in [0.717, 1.165) is 29.5 Å². The molecule has 1 saturated heterocycles. The Labute approximate surface area is 371 Å². The summed E-state index contributed by atoms with van der Waals surface area (Å²) in [5.74, 6) is -2.38. The molecule has 1 heterocycles. The molecule has 1 aliphatic heterocycles. The van der Waals surface area contributed by atoms with E-state index in [9.17, 15) is 24.0 Å². The monoisotopic (exact) mass is 862 g/mol. The Morgan fingerprint density at radius 3 is 1.95 bits per heavy atom. The summed E-state index contributed by atoms with van der Waals surface area (Å²) in [4.78, 5) is 72.8. The van der Waals surface area contributed by atoms with E-state index in [-0.39, 0.29) is 47.8 Å². The number of allylic oxidation sites excluding steroid dienone is 1. The zero-order chi connectivity index (χ0) is 46.4. The van der Waals surface area contributed by atoms with Crippen LogP contribution in [-0.4, -0.2) is 117 Å². The highest BCUT2D eigenvalue weighted by Gasteiger charge is 2.43. The summed E-state index contributed by atoms with van der Waals surface area (Å²) in [7, 11) is 6.56. The van der Waals surface area contributed by atoms with Gasteiger partial charge in [0.2, 0.25) is 23.6 Å². The molecule has 3 rings (SSSR count). The van der Waals surface area contributed by atoms with E-state index in [0.29, 0.717) is 18.5 Å². The number of nitrogens with one attached hydrogen (secondary N) is 3. The molecule has 1 aliphatic rings. The van der Waals surface area contributed by atoms with Crippen LogP contribution in [-0.2, 0) is 33.4 Å². The summed E-state index contributed by atoms with van der Waals surface area (Å²) >= 11 is 0. The molecule has 0 aromatic heterocycles. The number of hydrogen-bond donors (Lipinski definition) is 3. The van der Waals surface area contributed by atoms with Gasteiger partial charge in [-0.3, -0.25) is 19.2 Å². The maximum absolute atomic E-state index is 14.4. The van der Waals surface area contributed by atoms with Crippen LogP contribution in [0.4, 0.5) is 0 Å². The van der Waals surface area contributed by atoms with Gasteiger partial charge < -0.3 is 40.0 Å². The van der Waals surface area contributed by atoms with Gasteiger partial charge in [-0.05, 0) is 74.8 Å². The topological polar surface area (TPSA) is 156 Å². The summed E-state index contributed by atoms with van der Waals surface area (Å²) < 4.78 is 18.2. The average Bonchev–Trinajstić information content (AvgIpc) is 3.74. The van der Waals surface area contributed by atoms with E-state index < -0.39 is 60.4 Å². The third-order valence-corrected chi connectivity index (χ3v) is 12.5. The number of methoxy groups -OCH3 is 2. The van der Waals surface area contributed by atoms with Crippen LogP contribution in [0.5, 0.6) is 0 Å². The van der Waals surface area contributed by atoms with E-state index in [1.165, 1.54) is 0 Å². The van der Waals surface area contributed by atoms with Crippen LogP contribution in [0.25, 0.3) is 5.57 Å². The predicted octanol–water partition coefficient (Wildman–Crippen LogP) is 6.43. The molecule has 1 unspecified atom stereocenters. The lowest BCUT2D eigenvalue weighted by molar-refractivity contribution is -0.148. The minimum atomic E-state index is -0.793. The number of likely N-dealkylation sites (tertiary alicyclic amines) is 1. The first-order valence-corrected chi connectivity index (χ1v) is 22.2. The molecule has 0 radical (unpaired) electrons. The summed E-state index contributed by atoms with van der Waals surface area (Å²) in [6.07, 6.45) is -0.000788. The maximum Gasteiger partial charge on any atom is 0.338 e. The number of ether oxygens (including phenoxy) is 3. The molecule has 4 amide bonds. The van der Waals surface area contributed by atoms with Gasteiger partial charge >= 0.3 is 5.97 Å². The van der Waals surface area contributed by atoms with Gasteiger partial charge in [0.25, 0.3) is 0 Å². The molecule has 2 aromatic rings. The zero-order valence-electron chi connectivity index (χ0n) is 39.5. The van der Waals surface area contributed by atoms with Crippen molar-refractivity contribution in [1.29, 1.82) is 0 Å². The van der Waals surface area contributed by atoms with Crippen LogP contribution in [0, 0.1) is 23.7 Å². The molecule has 10 atom stereocenters. The lowest BCUT2D eigenvalue weighted by atomic mass is 9.89. The Kier molecular flexibility index (Phi) is 20.3. The molecule has 3 N–H and O–H groups in total. The molecule has 62 heavy (non-hydrogen) atoms. The first kappa shape index (κ1) is 51.8. The summed E-state index contributed by atoms with van der Waals surface area (Å²) in [6.45, 7) is 21.7. The molecule has 0 aliphatic carbocycles. The quantitative estimate of drug-likeness (QED) is 0.107. The molecule has 344 valence electrons. The van der Waals surface area contributed by atoms with Crippen molar-refractivity contribution in [3.8, 4) is 0 Å². The largest absolute Gasteiger partial charge is 0.452 e. The van der Waals surface area contributed by atoms with E-state index in [1.54, 1.807) is 64.1 Å². The number of carbonyl (C=O) groups excluding carboxylic acids is 5. The minimum Gasteiger partial charge on any atom is -0.452 e. The van der Waals surface area contributed by atoms with E-state index in [2.05, 4.69) is 22.5 Å². The van der Waals surface area contributed by atoms with Gasteiger partial charge in [-0.25, -0.2) is 4.79 Å². The van der Waals surface area contributed by atoms with Crippen LogP contribution in [0.15, 0.2) is 61.2 Å². The van der Waals surface area contributed by atoms with Gasteiger partial charge in [0.1, 0.15) is 12.1 Å². The van der Waals surface area contributed by atoms with Crippen molar-refractivity contribution in [2.24, 2.45) is 23.7 Å². The molecule has 2 aromatic carbocycles. The van der Waals surface area contributed by atoms with Crippen molar-refractivity contribution in [3.63, 3.8) is 0 Å². The number of amides is 4. The fourth-order valence-corrected chi connectivity index (χ4v) is 8.66. The number of likely N-dealkylation sites (N-methyl/N-ethyl adjacent to an activating group) is 2. The second-order valence-corrected chi connectivity index (χ2v) is 17.7. The first-order chi connectivity index (χ1) is 29.3. The molecular formula is C49H75N5O8. The van der Waals surface area contributed by atoms with Crippen molar-refractivity contribution in [3.05, 3.63) is 77.9 Å². The second-order valence-electron chi connectivity index (χ2n) is 17.7. The van der Waals surface area contributed by atoms with Crippen LogP contribution in [0.1, 0.15) is 116 Å². The first-order valence-electron chi connectivity index (χ1n) is 22.2. The van der Waals surface area contributed by atoms with Gasteiger partial charge in [-0.15, -0.1) is 0 Å². The third kappa shape index (κ3) is 13.2. The normalized spacial score (nSPS) is 18.4. The SMILES string of the molecule is C=C(C)c1ccc(C(=O)OC(c2ccccc2)[C@@H](C)NC(=O)[C@H](C)[C@@H](OC)[C@@H]2CCCN2C(=O)C[C@@H](OC)[C@H]([C@@H](C)CC)N(C)C(=O)[C@@H](NC(=O)[C@@H](NC)C(C)C)C(C)C)cc1. The standard InChI is InChI=1S/C49H75N5O8/c1-15-32(8)43(53(12)48(58)42(31(6)7)52-47(57)41(50-11)30(4)5)39(60-13)28-40(55)54-27-19-22-38(54)44(61-14)33(9)46(56)51-34(10)45(36-20-17-16-18-21-36)62-49(59)37-25-23-35(24-26-37)29(2)3/h16-18,20-21,23-26,30-34,38-39,41-45,50H,2,15,19,22,27-28H2,1,3-14H3,(H,51,56)(H,52,57)/t32-,33+,34+,38-,39+,41-,42-,43-,44+,45?/m0/s1. The van der Waals surface area contributed by atoms with Crippen LogP contribution in [0.2, 0.25) is 0 Å². The Bertz CT molecular complexity index is 1790. The van der Waals surface area contributed by atoms with Crippen LogP contribution in [0.3, 0.4) is 0 Å². The summed E-state index contributed by atoms with van der Waals surface area (Å²) in [5.41, 5.74) is 2.91. The predicted molar refractivity (Wildman–Crippen MR) is 244 cm³/mol. The third-order valence-electron chi connectivity index (χ3n) is 12.5.